The molecule has 2 heterocycles. The lowest BCUT2D eigenvalue weighted by Crippen LogP contribution is -2.40. The third kappa shape index (κ3) is 4.16. The Morgan fingerprint density at radius 1 is 1.33 bits per heavy atom. The Labute approximate surface area is 142 Å². The van der Waals surface area contributed by atoms with Gasteiger partial charge in [0.25, 0.3) is 0 Å². The molecule has 6 heteroatoms. The summed E-state index contributed by atoms with van der Waals surface area (Å²) >= 11 is 0. The molecule has 6 nitrogen and oxygen atoms in total. The summed E-state index contributed by atoms with van der Waals surface area (Å²) in [4.78, 5) is 26.4. The largest absolute Gasteiger partial charge is 0.444 e. The van der Waals surface area contributed by atoms with Crippen molar-refractivity contribution in [3.8, 4) is 0 Å². The fraction of sp³-hybridized carbons (Fsp3) is 0.722. The van der Waals surface area contributed by atoms with Crippen LogP contribution in [-0.4, -0.2) is 39.1 Å². The highest BCUT2D eigenvalue weighted by Crippen LogP contribution is 2.34. The van der Waals surface area contributed by atoms with Gasteiger partial charge in [0.2, 0.25) is 0 Å². The second kappa shape index (κ2) is 6.57. The summed E-state index contributed by atoms with van der Waals surface area (Å²) in [5.41, 5.74) is 1.83. The van der Waals surface area contributed by atoms with E-state index in [1.54, 1.807) is 4.90 Å². The van der Waals surface area contributed by atoms with Gasteiger partial charge in [-0.15, -0.1) is 0 Å². The standard InChI is InChI=1S/C18H27N3O3/c1-18(2,3)24-17(23)21-10-9-14-13(11-21)16(20-19-14)15(22)6-4-5-12-7-8-12/h12H,4-11H2,1-3H3,(H,19,20). The molecule has 0 atom stereocenters. The number of aromatic nitrogens is 2. The summed E-state index contributed by atoms with van der Waals surface area (Å²) < 4.78 is 5.44. The number of carbonyl (C=O) groups is 2. The van der Waals surface area contributed by atoms with Crippen molar-refractivity contribution in [2.24, 2.45) is 5.92 Å². The SMILES string of the molecule is CC(C)(C)OC(=O)N1CCc2[nH]nc(C(=O)CCCC3CC3)c2C1. The Hall–Kier alpha value is -1.85. The molecule has 0 aromatic carbocycles. The van der Waals surface area contributed by atoms with Crippen LogP contribution in [0.1, 0.15) is 74.6 Å². The molecule has 0 spiro atoms. The van der Waals surface area contributed by atoms with E-state index in [9.17, 15) is 9.59 Å². The number of Topliss-reactive ketones (excluding diaryl/α,β-unsaturated/α-hetero) is 1. The summed E-state index contributed by atoms with van der Waals surface area (Å²) in [7, 11) is 0. The van der Waals surface area contributed by atoms with Crippen LogP contribution in [0.4, 0.5) is 4.79 Å². The van der Waals surface area contributed by atoms with Gasteiger partial charge >= 0.3 is 6.09 Å². The smallest absolute Gasteiger partial charge is 0.410 e. The zero-order valence-corrected chi connectivity index (χ0v) is 14.9. The van der Waals surface area contributed by atoms with Crippen LogP contribution in [0.15, 0.2) is 0 Å². The molecule has 132 valence electrons. The second-order valence-corrected chi connectivity index (χ2v) is 7.94. The number of ether oxygens (including phenoxy) is 1. The molecule has 1 N–H and O–H groups in total. The van der Waals surface area contributed by atoms with E-state index in [1.165, 1.54) is 12.8 Å². The number of ketones is 1. The summed E-state index contributed by atoms with van der Waals surface area (Å²) in [5.74, 6) is 0.924. The summed E-state index contributed by atoms with van der Waals surface area (Å²) in [6, 6.07) is 0. The lowest BCUT2D eigenvalue weighted by molar-refractivity contribution is 0.0222. The average Bonchev–Trinajstić information content (AvgIpc) is 3.22. The summed E-state index contributed by atoms with van der Waals surface area (Å²) in [5, 5.41) is 7.20. The van der Waals surface area contributed by atoms with Crippen LogP contribution in [0.5, 0.6) is 0 Å². The highest BCUT2D eigenvalue weighted by atomic mass is 16.6. The molecule has 1 aromatic heterocycles. The van der Waals surface area contributed by atoms with Crippen molar-refractivity contribution in [2.75, 3.05) is 6.54 Å². The monoisotopic (exact) mass is 333 g/mol. The van der Waals surface area contributed by atoms with E-state index in [-0.39, 0.29) is 11.9 Å². The van der Waals surface area contributed by atoms with E-state index >= 15 is 0 Å². The summed E-state index contributed by atoms with van der Waals surface area (Å²) in [6.07, 6.45) is 5.59. The molecular weight excluding hydrogens is 306 g/mol. The fourth-order valence-electron chi connectivity index (χ4n) is 3.08. The minimum Gasteiger partial charge on any atom is -0.444 e. The highest BCUT2D eigenvalue weighted by Gasteiger charge is 2.30. The zero-order chi connectivity index (χ0) is 17.3. The Bertz CT molecular complexity index is 626. The number of amides is 1. The minimum atomic E-state index is -0.519. The van der Waals surface area contributed by atoms with Gasteiger partial charge in [-0.05, 0) is 33.1 Å². The molecule has 0 radical (unpaired) electrons. The van der Waals surface area contributed by atoms with Gasteiger partial charge in [-0.2, -0.15) is 5.10 Å². The number of nitrogens with zero attached hydrogens (tertiary/aromatic N) is 2. The van der Waals surface area contributed by atoms with Gasteiger partial charge in [-0.1, -0.05) is 19.3 Å². The van der Waals surface area contributed by atoms with E-state index in [2.05, 4.69) is 10.2 Å². The number of aromatic amines is 1. The van der Waals surface area contributed by atoms with Gasteiger partial charge in [0, 0.05) is 30.6 Å². The van der Waals surface area contributed by atoms with Crippen molar-refractivity contribution in [1.82, 2.24) is 15.1 Å². The second-order valence-electron chi connectivity index (χ2n) is 7.94. The van der Waals surface area contributed by atoms with Gasteiger partial charge in [0.05, 0.1) is 6.54 Å². The number of hydrogen-bond donors (Lipinski definition) is 1. The van der Waals surface area contributed by atoms with Crippen LogP contribution in [0.25, 0.3) is 0 Å². The molecule has 0 bridgehead atoms. The van der Waals surface area contributed by atoms with Crippen molar-refractivity contribution in [1.29, 1.82) is 0 Å². The van der Waals surface area contributed by atoms with Gasteiger partial charge in [-0.25, -0.2) is 4.79 Å². The van der Waals surface area contributed by atoms with Crippen molar-refractivity contribution in [2.45, 2.75) is 71.4 Å². The zero-order valence-electron chi connectivity index (χ0n) is 14.9. The van der Waals surface area contributed by atoms with Crippen molar-refractivity contribution >= 4 is 11.9 Å². The van der Waals surface area contributed by atoms with Crippen LogP contribution in [0, 0.1) is 5.92 Å². The highest BCUT2D eigenvalue weighted by molar-refractivity contribution is 5.96. The third-order valence-electron chi connectivity index (χ3n) is 4.56. The van der Waals surface area contributed by atoms with Gasteiger partial charge in [0.1, 0.15) is 11.3 Å². The van der Waals surface area contributed by atoms with Crippen LogP contribution in [-0.2, 0) is 17.7 Å². The molecule has 24 heavy (non-hydrogen) atoms. The maximum Gasteiger partial charge on any atom is 0.410 e. The molecule has 0 unspecified atom stereocenters. The average molecular weight is 333 g/mol. The topological polar surface area (TPSA) is 75.3 Å². The van der Waals surface area contributed by atoms with E-state index < -0.39 is 5.60 Å². The summed E-state index contributed by atoms with van der Waals surface area (Å²) in [6.45, 7) is 6.54. The molecule has 1 saturated carbocycles. The Morgan fingerprint density at radius 2 is 2.08 bits per heavy atom. The van der Waals surface area contributed by atoms with E-state index in [0.29, 0.717) is 31.6 Å². The van der Waals surface area contributed by atoms with Crippen molar-refractivity contribution in [3.05, 3.63) is 17.0 Å². The number of fused-ring (bicyclic) bond motifs is 1. The van der Waals surface area contributed by atoms with Crippen LogP contribution < -0.4 is 0 Å². The normalized spacial score (nSPS) is 17.5. The quantitative estimate of drug-likeness (QED) is 0.837. The third-order valence-corrected chi connectivity index (χ3v) is 4.56. The van der Waals surface area contributed by atoms with Gasteiger partial charge in [-0.3, -0.25) is 9.89 Å². The molecule has 1 amide bonds. The molecule has 2 aliphatic rings. The minimum absolute atomic E-state index is 0.0826. The molecule has 0 saturated heterocycles. The Morgan fingerprint density at radius 3 is 2.75 bits per heavy atom. The Kier molecular flexibility index (Phi) is 4.65. The number of H-pyrrole nitrogens is 1. The maximum atomic E-state index is 12.5. The number of rotatable bonds is 5. The predicted molar refractivity (Wildman–Crippen MR) is 89.8 cm³/mol. The van der Waals surface area contributed by atoms with Gasteiger partial charge < -0.3 is 9.64 Å². The lowest BCUT2D eigenvalue weighted by Gasteiger charge is -2.30. The fourth-order valence-corrected chi connectivity index (χ4v) is 3.08. The number of carbonyl (C=O) groups excluding carboxylic acids is 2. The number of nitrogens with one attached hydrogen (secondary N) is 1. The molecule has 1 fully saturated rings. The first-order chi connectivity index (χ1) is 11.3. The molecule has 1 aliphatic heterocycles. The van der Waals surface area contributed by atoms with Crippen LogP contribution in [0.2, 0.25) is 0 Å². The maximum absolute atomic E-state index is 12.5. The molecule has 3 rings (SSSR count). The molecular formula is C18H27N3O3. The lowest BCUT2D eigenvalue weighted by atomic mass is 10.0. The molecule has 1 aromatic rings. The van der Waals surface area contributed by atoms with Crippen molar-refractivity contribution in [3.63, 3.8) is 0 Å². The van der Waals surface area contributed by atoms with Gasteiger partial charge in [0.15, 0.2) is 5.78 Å². The predicted octanol–water partition coefficient (Wildman–Crippen LogP) is 3.47. The van der Waals surface area contributed by atoms with Crippen LogP contribution in [0.3, 0.4) is 0 Å². The Balaban J connectivity index is 1.63. The van der Waals surface area contributed by atoms with E-state index in [1.807, 2.05) is 20.8 Å². The van der Waals surface area contributed by atoms with Crippen LogP contribution >= 0.6 is 0 Å². The first-order valence-corrected chi connectivity index (χ1v) is 8.91. The van der Waals surface area contributed by atoms with E-state index in [4.69, 9.17) is 4.74 Å². The van der Waals surface area contributed by atoms with Crippen molar-refractivity contribution < 1.29 is 14.3 Å². The first-order valence-electron chi connectivity index (χ1n) is 8.91. The molecule has 1 aliphatic carbocycles. The first kappa shape index (κ1) is 17.0. The van der Waals surface area contributed by atoms with E-state index in [0.717, 1.165) is 30.0 Å². The number of hydrogen-bond acceptors (Lipinski definition) is 4.